The summed E-state index contributed by atoms with van der Waals surface area (Å²) in [6, 6.07) is 8.39. The SMILES string of the molecule is O=C(Nc1nn(Cc2ccccc2Cl)cc1Cl)c1ccnn1C(F)F. The molecule has 0 bridgehead atoms. The summed E-state index contributed by atoms with van der Waals surface area (Å²) in [5, 5.41) is 10.7. The second kappa shape index (κ2) is 7.20. The Morgan fingerprint density at radius 3 is 2.68 bits per heavy atom. The Morgan fingerprint density at radius 1 is 1.20 bits per heavy atom. The monoisotopic (exact) mass is 385 g/mol. The van der Waals surface area contributed by atoms with Crippen molar-refractivity contribution in [1.82, 2.24) is 19.6 Å². The molecule has 0 aliphatic heterocycles. The predicted molar refractivity (Wildman–Crippen MR) is 89.2 cm³/mol. The molecule has 1 amide bonds. The van der Waals surface area contributed by atoms with Crippen molar-refractivity contribution >= 4 is 34.9 Å². The van der Waals surface area contributed by atoms with Gasteiger partial charge in [0, 0.05) is 17.4 Å². The maximum Gasteiger partial charge on any atom is 0.333 e. The van der Waals surface area contributed by atoms with Crippen molar-refractivity contribution in [2.75, 3.05) is 5.32 Å². The number of hydrogen-bond donors (Lipinski definition) is 1. The van der Waals surface area contributed by atoms with Crippen LogP contribution in [0.15, 0.2) is 42.7 Å². The lowest BCUT2D eigenvalue weighted by atomic mass is 10.2. The zero-order chi connectivity index (χ0) is 18.0. The third-order valence-electron chi connectivity index (χ3n) is 3.33. The molecule has 0 aliphatic rings. The van der Waals surface area contributed by atoms with Crippen LogP contribution in [0.4, 0.5) is 14.6 Å². The molecule has 10 heteroatoms. The molecule has 130 valence electrons. The van der Waals surface area contributed by atoms with Crippen molar-refractivity contribution in [3.63, 3.8) is 0 Å². The molecule has 25 heavy (non-hydrogen) atoms. The average molecular weight is 386 g/mol. The van der Waals surface area contributed by atoms with Crippen LogP contribution in [-0.4, -0.2) is 25.5 Å². The predicted octanol–water partition coefficient (Wildman–Crippen LogP) is 4.08. The molecule has 3 rings (SSSR count). The molecule has 2 aromatic heterocycles. The number of nitrogens with one attached hydrogen (secondary N) is 1. The number of halogens is 4. The van der Waals surface area contributed by atoms with E-state index >= 15 is 0 Å². The van der Waals surface area contributed by atoms with Gasteiger partial charge in [0.15, 0.2) is 5.82 Å². The highest BCUT2D eigenvalue weighted by Gasteiger charge is 2.20. The van der Waals surface area contributed by atoms with Crippen LogP contribution in [-0.2, 0) is 6.54 Å². The maximum absolute atomic E-state index is 12.8. The minimum absolute atomic E-state index is 0.0562. The van der Waals surface area contributed by atoms with Gasteiger partial charge < -0.3 is 5.32 Å². The third kappa shape index (κ3) is 3.80. The molecule has 0 fully saturated rings. The normalized spacial score (nSPS) is 11.1. The summed E-state index contributed by atoms with van der Waals surface area (Å²) in [7, 11) is 0. The minimum Gasteiger partial charge on any atom is -0.302 e. The van der Waals surface area contributed by atoms with Crippen LogP contribution in [0.3, 0.4) is 0 Å². The van der Waals surface area contributed by atoms with Crippen molar-refractivity contribution in [2.24, 2.45) is 0 Å². The van der Waals surface area contributed by atoms with Crippen LogP contribution in [0.1, 0.15) is 22.6 Å². The maximum atomic E-state index is 12.8. The van der Waals surface area contributed by atoms with Gasteiger partial charge in [-0.1, -0.05) is 41.4 Å². The number of nitrogens with zero attached hydrogens (tertiary/aromatic N) is 4. The number of benzene rings is 1. The lowest BCUT2D eigenvalue weighted by molar-refractivity contribution is 0.0520. The number of alkyl halides is 2. The van der Waals surface area contributed by atoms with E-state index in [-0.39, 0.29) is 16.5 Å². The van der Waals surface area contributed by atoms with Crippen LogP contribution in [0.5, 0.6) is 0 Å². The number of amides is 1. The van der Waals surface area contributed by atoms with E-state index < -0.39 is 12.5 Å². The molecule has 3 aromatic rings. The van der Waals surface area contributed by atoms with Gasteiger partial charge in [0.05, 0.1) is 6.54 Å². The van der Waals surface area contributed by atoms with Crippen molar-refractivity contribution in [3.8, 4) is 0 Å². The van der Waals surface area contributed by atoms with E-state index in [9.17, 15) is 13.6 Å². The van der Waals surface area contributed by atoms with Gasteiger partial charge >= 0.3 is 6.55 Å². The van der Waals surface area contributed by atoms with Crippen molar-refractivity contribution in [1.29, 1.82) is 0 Å². The molecule has 0 saturated heterocycles. The highest BCUT2D eigenvalue weighted by Crippen LogP contribution is 2.23. The lowest BCUT2D eigenvalue weighted by Crippen LogP contribution is -2.19. The van der Waals surface area contributed by atoms with Crippen LogP contribution >= 0.6 is 23.2 Å². The van der Waals surface area contributed by atoms with E-state index in [0.29, 0.717) is 16.2 Å². The van der Waals surface area contributed by atoms with E-state index in [2.05, 4.69) is 15.5 Å². The van der Waals surface area contributed by atoms with Crippen molar-refractivity contribution in [2.45, 2.75) is 13.1 Å². The quantitative estimate of drug-likeness (QED) is 0.719. The standard InChI is InChI=1S/C15H11Cl2F2N5O/c16-10-4-2-1-3-9(10)7-23-8-11(17)13(22-23)21-14(25)12-5-6-20-24(12)15(18)19/h1-6,8,15H,7H2,(H,21,22,25). The largest absolute Gasteiger partial charge is 0.333 e. The molecule has 1 aromatic carbocycles. The second-order valence-electron chi connectivity index (χ2n) is 5.01. The van der Waals surface area contributed by atoms with Gasteiger partial charge in [-0.25, -0.2) is 0 Å². The molecule has 0 radical (unpaired) electrons. The van der Waals surface area contributed by atoms with Crippen LogP contribution in [0.2, 0.25) is 10.0 Å². The Morgan fingerprint density at radius 2 is 1.96 bits per heavy atom. The Kier molecular flexibility index (Phi) is 5.00. The Labute approximate surface area is 151 Å². The summed E-state index contributed by atoms with van der Waals surface area (Å²) in [5.41, 5.74) is 0.517. The first-order valence-corrected chi connectivity index (χ1v) is 7.80. The first-order valence-electron chi connectivity index (χ1n) is 7.05. The van der Waals surface area contributed by atoms with E-state index in [0.717, 1.165) is 11.8 Å². The highest BCUT2D eigenvalue weighted by molar-refractivity contribution is 6.33. The number of anilines is 1. The number of aromatic nitrogens is 4. The summed E-state index contributed by atoms with van der Waals surface area (Å²) in [6.45, 7) is -2.59. The van der Waals surface area contributed by atoms with Crippen molar-refractivity contribution < 1.29 is 13.6 Å². The van der Waals surface area contributed by atoms with Gasteiger partial charge in [-0.15, -0.1) is 0 Å². The van der Waals surface area contributed by atoms with E-state index in [1.54, 1.807) is 12.1 Å². The molecular weight excluding hydrogens is 375 g/mol. The number of hydrogen-bond acceptors (Lipinski definition) is 3. The number of carbonyl (C=O) groups is 1. The van der Waals surface area contributed by atoms with Crippen LogP contribution < -0.4 is 5.32 Å². The Bertz CT molecular complexity index is 909. The number of carbonyl (C=O) groups excluding carboxylic acids is 1. The second-order valence-corrected chi connectivity index (χ2v) is 5.82. The average Bonchev–Trinajstić information content (AvgIpc) is 3.17. The topological polar surface area (TPSA) is 64.7 Å². The molecule has 0 aliphatic carbocycles. The van der Waals surface area contributed by atoms with Gasteiger partial charge in [-0.3, -0.25) is 9.48 Å². The molecule has 1 N–H and O–H groups in total. The molecule has 2 heterocycles. The van der Waals surface area contributed by atoms with Gasteiger partial charge in [-0.2, -0.15) is 23.7 Å². The molecule has 0 unspecified atom stereocenters. The smallest absolute Gasteiger partial charge is 0.302 e. The van der Waals surface area contributed by atoms with Gasteiger partial charge in [-0.05, 0) is 17.7 Å². The minimum atomic E-state index is -2.93. The third-order valence-corrected chi connectivity index (χ3v) is 3.97. The lowest BCUT2D eigenvalue weighted by Gasteiger charge is -2.06. The zero-order valence-electron chi connectivity index (χ0n) is 12.5. The zero-order valence-corrected chi connectivity index (χ0v) is 14.0. The molecule has 6 nitrogen and oxygen atoms in total. The summed E-state index contributed by atoms with van der Waals surface area (Å²) in [4.78, 5) is 12.1. The fourth-order valence-electron chi connectivity index (χ4n) is 2.19. The fraction of sp³-hybridized carbons (Fsp3) is 0.133. The Balaban J connectivity index is 1.78. The molecular formula is C15H11Cl2F2N5O. The van der Waals surface area contributed by atoms with Gasteiger partial charge in [0.1, 0.15) is 10.7 Å². The summed E-state index contributed by atoms with van der Waals surface area (Å²) >= 11 is 12.2. The van der Waals surface area contributed by atoms with E-state index in [4.69, 9.17) is 23.2 Å². The molecule has 0 saturated carbocycles. The summed E-state index contributed by atoms with van der Waals surface area (Å²) in [6.07, 6.45) is 2.61. The highest BCUT2D eigenvalue weighted by atomic mass is 35.5. The van der Waals surface area contributed by atoms with Crippen LogP contribution in [0.25, 0.3) is 0 Å². The first-order chi connectivity index (χ1) is 12.0. The number of rotatable bonds is 5. The van der Waals surface area contributed by atoms with Gasteiger partial charge in [0.2, 0.25) is 0 Å². The Hall–Kier alpha value is -2.45. The van der Waals surface area contributed by atoms with Gasteiger partial charge in [0.25, 0.3) is 5.91 Å². The first kappa shape index (κ1) is 17.4. The fourth-order valence-corrected chi connectivity index (χ4v) is 2.58. The van der Waals surface area contributed by atoms with Crippen molar-refractivity contribution in [3.05, 3.63) is 64.0 Å². The summed E-state index contributed by atoms with van der Waals surface area (Å²) in [5.74, 6) is -0.733. The van der Waals surface area contributed by atoms with Crippen LogP contribution in [0, 0.1) is 0 Å². The molecule has 0 spiro atoms. The van der Waals surface area contributed by atoms with E-state index in [1.165, 1.54) is 16.9 Å². The molecule has 0 atom stereocenters. The van der Waals surface area contributed by atoms with E-state index in [1.807, 2.05) is 12.1 Å². The summed E-state index contributed by atoms with van der Waals surface area (Å²) < 4.78 is 27.4.